The SMILES string of the molecule is COC(=O)c1ccc(C2(C)CCC(=O)C2)cc1. The first-order valence-corrected chi connectivity index (χ1v) is 5.76. The van der Waals surface area contributed by atoms with E-state index < -0.39 is 0 Å². The standard InChI is InChI=1S/C14H16O3/c1-14(8-7-12(15)9-14)11-5-3-10(4-6-11)13(16)17-2/h3-6H,7-9H2,1-2H3. The second-order valence-corrected chi connectivity index (χ2v) is 4.85. The van der Waals surface area contributed by atoms with Crippen molar-refractivity contribution in [3.8, 4) is 0 Å². The number of rotatable bonds is 2. The highest BCUT2D eigenvalue weighted by Gasteiger charge is 2.35. The van der Waals surface area contributed by atoms with E-state index >= 15 is 0 Å². The van der Waals surface area contributed by atoms with E-state index in [2.05, 4.69) is 11.7 Å². The van der Waals surface area contributed by atoms with Crippen LogP contribution in [-0.2, 0) is 14.9 Å². The number of Topliss-reactive ketones (excluding diaryl/α,β-unsaturated/α-hetero) is 1. The summed E-state index contributed by atoms with van der Waals surface area (Å²) in [7, 11) is 1.37. The zero-order valence-electron chi connectivity index (χ0n) is 10.2. The highest BCUT2D eigenvalue weighted by Crippen LogP contribution is 2.38. The van der Waals surface area contributed by atoms with Gasteiger partial charge in [-0.1, -0.05) is 19.1 Å². The van der Waals surface area contributed by atoms with Crippen LogP contribution in [-0.4, -0.2) is 18.9 Å². The van der Waals surface area contributed by atoms with Gasteiger partial charge in [0.1, 0.15) is 5.78 Å². The summed E-state index contributed by atoms with van der Waals surface area (Å²) in [4.78, 5) is 22.7. The topological polar surface area (TPSA) is 43.4 Å². The predicted octanol–water partition coefficient (Wildman–Crippen LogP) is 2.48. The van der Waals surface area contributed by atoms with Gasteiger partial charge in [0, 0.05) is 12.8 Å². The minimum absolute atomic E-state index is 0.0638. The highest BCUT2D eigenvalue weighted by molar-refractivity contribution is 5.89. The fourth-order valence-corrected chi connectivity index (χ4v) is 2.40. The second-order valence-electron chi connectivity index (χ2n) is 4.85. The molecule has 0 bridgehead atoms. The Morgan fingerprint density at radius 1 is 1.29 bits per heavy atom. The van der Waals surface area contributed by atoms with Gasteiger partial charge in [-0.2, -0.15) is 0 Å². The van der Waals surface area contributed by atoms with Gasteiger partial charge in [0.15, 0.2) is 0 Å². The Balaban J connectivity index is 2.24. The Bertz CT molecular complexity index is 447. The smallest absolute Gasteiger partial charge is 0.337 e. The van der Waals surface area contributed by atoms with Crippen LogP contribution in [0.4, 0.5) is 0 Å². The lowest BCUT2D eigenvalue weighted by atomic mass is 9.81. The summed E-state index contributed by atoms with van der Waals surface area (Å²) in [5, 5.41) is 0. The van der Waals surface area contributed by atoms with Crippen LogP contribution in [0.25, 0.3) is 0 Å². The van der Waals surface area contributed by atoms with Crippen molar-refractivity contribution in [3.05, 3.63) is 35.4 Å². The molecule has 1 aromatic rings. The average molecular weight is 232 g/mol. The Kier molecular flexibility index (Phi) is 3.01. The molecule has 90 valence electrons. The molecule has 0 heterocycles. The largest absolute Gasteiger partial charge is 0.465 e. The molecule has 0 radical (unpaired) electrons. The zero-order valence-corrected chi connectivity index (χ0v) is 10.2. The monoisotopic (exact) mass is 232 g/mol. The van der Waals surface area contributed by atoms with Crippen molar-refractivity contribution in [1.82, 2.24) is 0 Å². The first-order chi connectivity index (χ1) is 8.05. The van der Waals surface area contributed by atoms with Crippen LogP contribution < -0.4 is 0 Å². The quantitative estimate of drug-likeness (QED) is 0.736. The maximum absolute atomic E-state index is 11.4. The molecule has 1 aliphatic carbocycles. The molecule has 3 heteroatoms. The highest BCUT2D eigenvalue weighted by atomic mass is 16.5. The lowest BCUT2D eigenvalue weighted by Gasteiger charge is -2.23. The van der Waals surface area contributed by atoms with E-state index in [4.69, 9.17) is 0 Å². The number of benzene rings is 1. The lowest BCUT2D eigenvalue weighted by Crippen LogP contribution is -2.18. The van der Waals surface area contributed by atoms with E-state index in [0.717, 1.165) is 12.0 Å². The van der Waals surface area contributed by atoms with Crippen molar-refractivity contribution >= 4 is 11.8 Å². The number of ketones is 1. The van der Waals surface area contributed by atoms with Gasteiger partial charge in [0.25, 0.3) is 0 Å². The molecule has 0 aliphatic heterocycles. The van der Waals surface area contributed by atoms with E-state index in [1.807, 2.05) is 12.1 Å². The first kappa shape index (κ1) is 11.8. The molecule has 0 amide bonds. The predicted molar refractivity (Wildman–Crippen MR) is 64.0 cm³/mol. The first-order valence-electron chi connectivity index (χ1n) is 5.76. The van der Waals surface area contributed by atoms with E-state index in [9.17, 15) is 9.59 Å². The van der Waals surface area contributed by atoms with Crippen molar-refractivity contribution in [2.75, 3.05) is 7.11 Å². The fourth-order valence-electron chi connectivity index (χ4n) is 2.40. The van der Waals surface area contributed by atoms with Crippen LogP contribution in [0, 0.1) is 0 Å². The van der Waals surface area contributed by atoms with Crippen LogP contribution >= 0.6 is 0 Å². The van der Waals surface area contributed by atoms with Crippen molar-refractivity contribution in [1.29, 1.82) is 0 Å². The van der Waals surface area contributed by atoms with Gasteiger partial charge in [0.2, 0.25) is 0 Å². The second kappa shape index (κ2) is 4.32. The van der Waals surface area contributed by atoms with Crippen LogP contribution in [0.15, 0.2) is 24.3 Å². The normalized spacial score (nSPS) is 23.8. The summed E-state index contributed by atoms with van der Waals surface area (Å²) < 4.78 is 4.65. The van der Waals surface area contributed by atoms with Gasteiger partial charge in [-0.15, -0.1) is 0 Å². The summed E-state index contributed by atoms with van der Waals surface area (Å²) >= 11 is 0. The van der Waals surface area contributed by atoms with Gasteiger partial charge in [-0.3, -0.25) is 4.79 Å². The van der Waals surface area contributed by atoms with Crippen molar-refractivity contribution in [3.63, 3.8) is 0 Å². The molecule has 1 atom stereocenters. The van der Waals surface area contributed by atoms with Gasteiger partial charge >= 0.3 is 5.97 Å². The summed E-state index contributed by atoms with van der Waals surface area (Å²) in [6.07, 6.45) is 2.16. The third-order valence-corrected chi connectivity index (χ3v) is 3.55. The molecule has 0 N–H and O–H groups in total. The molecule has 1 aromatic carbocycles. The fraction of sp³-hybridized carbons (Fsp3) is 0.429. The van der Waals surface area contributed by atoms with Crippen molar-refractivity contribution in [2.45, 2.75) is 31.6 Å². The Labute approximate surface area is 101 Å². The summed E-state index contributed by atoms with van der Waals surface area (Å²) in [6, 6.07) is 7.36. The molecule has 2 rings (SSSR count). The summed E-state index contributed by atoms with van der Waals surface area (Å²) in [5.41, 5.74) is 1.60. The number of methoxy groups -OCH3 is 1. The van der Waals surface area contributed by atoms with Gasteiger partial charge < -0.3 is 4.74 Å². The van der Waals surface area contributed by atoms with E-state index in [1.165, 1.54) is 7.11 Å². The molecule has 0 spiro atoms. The summed E-state index contributed by atoms with van der Waals surface area (Å²) in [5.74, 6) is -0.00579. The molecule has 1 unspecified atom stereocenters. The molecule has 17 heavy (non-hydrogen) atoms. The minimum Gasteiger partial charge on any atom is -0.465 e. The number of ether oxygens (including phenoxy) is 1. The molecule has 1 saturated carbocycles. The third kappa shape index (κ3) is 2.23. The van der Waals surface area contributed by atoms with Crippen LogP contribution in [0.5, 0.6) is 0 Å². The molecular weight excluding hydrogens is 216 g/mol. The number of hydrogen-bond donors (Lipinski definition) is 0. The Morgan fingerprint density at radius 3 is 2.41 bits per heavy atom. The number of hydrogen-bond acceptors (Lipinski definition) is 3. The van der Waals surface area contributed by atoms with Crippen molar-refractivity contribution in [2.24, 2.45) is 0 Å². The number of carbonyl (C=O) groups excluding carboxylic acids is 2. The molecule has 3 nitrogen and oxygen atoms in total. The molecule has 1 aliphatic rings. The maximum atomic E-state index is 11.4. The third-order valence-electron chi connectivity index (χ3n) is 3.55. The number of carbonyl (C=O) groups is 2. The van der Waals surface area contributed by atoms with Crippen LogP contribution in [0.2, 0.25) is 0 Å². The summed E-state index contributed by atoms with van der Waals surface area (Å²) in [6.45, 7) is 2.10. The molecule has 0 saturated heterocycles. The van der Waals surface area contributed by atoms with E-state index in [1.54, 1.807) is 12.1 Å². The minimum atomic E-state index is -0.329. The average Bonchev–Trinajstić information content (AvgIpc) is 2.70. The van der Waals surface area contributed by atoms with E-state index in [-0.39, 0.29) is 11.4 Å². The molecule has 0 aromatic heterocycles. The Hall–Kier alpha value is -1.64. The van der Waals surface area contributed by atoms with Gasteiger partial charge in [-0.25, -0.2) is 4.79 Å². The van der Waals surface area contributed by atoms with Gasteiger partial charge in [-0.05, 0) is 29.5 Å². The van der Waals surface area contributed by atoms with Crippen LogP contribution in [0.3, 0.4) is 0 Å². The van der Waals surface area contributed by atoms with Crippen molar-refractivity contribution < 1.29 is 14.3 Å². The van der Waals surface area contributed by atoms with Gasteiger partial charge in [0.05, 0.1) is 12.7 Å². The van der Waals surface area contributed by atoms with Crippen LogP contribution in [0.1, 0.15) is 42.1 Å². The lowest BCUT2D eigenvalue weighted by molar-refractivity contribution is -0.117. The molecular formula is C14H16O3. The molecule has 1 fully saturated rings. The number of esters is 1. The van der Waals surface area contributed by atoms with E-state index in [0.29, 0.717) is 24.2 Å². The Morgan fingerprint density at radius 2 is 1.94 bits per heavy atom. The maximum Gasteiger partial charge on any atom is 0.337 e. The zero-order chi connectivity index (χ0) is 12.5.